The van der Waals surface area contributed by atoms with Crippen LogP contribution in [0.1, 0.15) is 39.5 Å². The zero-order valence-electron chi connectivity index (χ0n) is 11.0. The molecule has 1 amide bonds. The SMILES string of the molecule is CC(C)(CO)N/C=C(/C#N)C(=O)NC1CCCC1. The zero-order valence-corrected chi connectivity index (χ0v) is 11.0. The van der Waals surface area contributed by atoms with Crippen LogP contribution in [0.25, 0.3) is 0 Å². The molecule has 0 radical (unpaired) electrons. The first kappa shape index (κ1) is 14.5. The number of aliphatic hydroxyl groups is 1. The molecule has 0 aromatic heterocycles. The third-order valence-corrected chi connectivity index (χ3v) is 3.06. The smallest absolute Gasteiger partial charge is 0.263 e. The molecule has 1 aliphatic carbocycles. The number of nitriles is 1. The van der Waals surface area contributed by atoms with Gasteiger partial charge in [0.25, 0.3) is 5.91 Å². The van der Waals surface area contributed by atoms with E-state index in [1.54, 1.807) is 13.8 Å². The highest BCUT2D eigenvalue weighted by atomic mass is 16.3. The van der Waals surface area contributed by atoms with E-state index in [0.29, 0.717) is 0 Å². The van der Waals surface area contributed by atoms with Crippen molar-refractivity contribution in [1.29, 1.82) is 5.26 Å². The number of rotatable bonds is 5. The largest absolute Gasteiger partial charge is 0.394 e. The summed E-state index contributed by atoms with van der Waals surface area (Å²) in [4.78, 5) is 11.8. The summed E-state index contributed by atoms with van der Waals surface area (Å²) >= 11 is 0. The van der Waals surface area contributed by atoms with Crippen molar-refractivity contribution in [3.05, 3.63) is 11.8 Å². The van der Waals surface area contributed by atoms with Gasteiger partial charge >= 0.3 is 0 Å². The molecule has 0 aromatic carbocycles. The maximum Gasteiger partial charge on any atom is 0.263 e. The van der Waals surface area contributed by atoms with Crippen LogP contribution >= 0.6 is 0 Å². The van der Waals surface area contributed by atoms with E-state index >= 15 is 0 Å². The van der Waals surface area contributed by atoms with Gasteiger partial charge in [-0.1, -0.05) is 12.8 Å². The molecule has 1 rings (SSSR count). The average molecular weight is 251 g/mol. The fraction of sp³-hybridized carbons (Fsp3) is 0.692. The van der Waals surface area contributed by atoms with Gasteiger partial charge in [0.05, 0.1) is 12.1 Å². The summed E-state index contributed by atoms with van der Waals surface area (Å²) in [5.74, 6) is -0.342. The molecule has 1 fully saturated rings. The molecule has 1 aliphatic rings. The molecule has 0 atom stereocenters. The minimum absolute atomic E-state index is 0.0448. The van der Waals surface area contributed by atoms with E-state index in [1.165, 1.54) is 6.20 Å². The molecule has 18 heavy (non-hydrogen) atoms. The van der Waals surface area contributed by atoms with Crippen molar-refractivity contribution in [2.24, 2.45) is 0 Å². The van der Waals surface area contributed by atoms with Crippen molar-refractivity contribution in [1.82, 2.24) is 10.6 Å². The third kappa shape index (κ3) is 4.38. The van der Waals surface area contributed by atoms with Gasteiger partial charge in [-0.25, -0.2) is 0 Å². The summed E-state index contributed by atoms with van der Waals surface area (Å²) in [6.07, 6.45) is 5.61. The molecule has 0 spiro atoms. The van der Waals surface area contributed by atoms with E-state index in [4.69, 9.17) is 10.4 Å². The monoisotopic (exact) mass is 251 g/mol. The van der Waals surface area contributed by atoms with Gasteiger partial charge in [0.1, 0.15) is 11.6 Å². The van der Waals surface area contributed by atoms with Crippen LogP contribution in [0, 0.1) is 11.3 Å². The molecule has 0 heterocycles. The Morgan fingerprint density at radius 1 is 1.50 bits per heavy atom. The summed E-state index contributed by atoms with van der Waals surface area (Å²) in [5.41, 5.74) is -0.501. The summed E-state index contributed by atoms with van der Waals surface area (Å²) < 4.78 is 0. The second-order valence-electron chi connectivity index (χ2n) is 5.31. The van der Waals surface area contributed by atoms with Crippen LogP contribution in [0.4, 0.5) is 0 Å². The quantitative estimate of drug-likeness (QED) is 0.498. The first-order chi connectivity index (χ1) is 8.48. The molecule has 1 saturated carbocycles. The number of carbonyl (C=O) groups is 1. The van der Waals surface area contributed by atoms with Crippen molar-refractivity contribution >= 4 is 5.91 Å². The third-order valence-electron chi connectivity index (χ3n) is 3.06. The molecule has 0 aliphatic heterocycles. The van der Waals surface area contributed by atoms with E-state index in [0.717, 1.165) is 25.7 Å². The van der Waals surface area contributed by atoms with Gasteiger partial charge in [0.2, 0.25) is 0 Å². The Kier molecular flexibility index (Phi) is 5.17. The molecule has 0 unspecified atom stereocenters. The topological polar surface area (TPSA) is 85.2 Å². The lowest BCUT2D eigenvalue weighted by molar-refractivity contribution is -0.117. The number of hydrogen-bond donors (Lipinski definition) is 3. The Labute approximate surface area is 108 Å². The predicted molar refractivity (Wildman–Crippen MR) is 68.4 cm³/mol. The minimum Gasteiger partial charge on any atom is -0.394 e. The van der Waals surface area contributed by atoms with Gasteiger partial charge in [0, 0.05) is 12.2 Å². The molecular formula is C13H21N3O2. The molecule has 5 heteroatoms. The summed E-state index contributed by atoms with van der Waals surface area (Å²) in [7, 11) is 0. The van der Waals surface area contributed by atoms with Crippen molar-refractivity contribution in [2.75, 3.05) is 6.61 Å². The highest BCUT2D eigenvalue weighted by molar-refractivity contribution is 5.97. The molecular weight excluding hydrogens is 230 g/mol. The number of carbonyl (C=O) groups excluding carboxylic acids is 1. The predicted octanol–water partition coefficient (Wildman–Crippen LogP) is 0.813. The maximum absolute atomic E-state index is 11.8. The van der Waals surface area contributed by atoms with Crippen molar-refractivity contribution < 1.29 is 9.90 Å². The standard InChI is InChI=1S/C13H21N3O2/c1-13(2,9-17)15-8-10(7-14)12(18)16-11-5-3-4-6-11/h8,11,15,17H,3-6,9H2,1-2H3,(H,16,18)/b10-8-. The molecule has 0 aromatic rings. The minimum atomic E-state index is -0.546. The number of amides is 1. The lowest BCUT2D eigenvalue weighted by Gasteiger charge is -2.22. The average Bonchev–Trinajstić information content (AvgIpc) is 2.82. The van der Waals surface area contributed by atoms with Gasteiger partial charge in [-0.3, -0.25) is 4.79 Å². The van der Waals surface area contributed by atoms with Crippen molar-refractivity contribution in [3.8, 4) is 6.07 Å². The van der Waals surface area contributed by atoms with Crippen LogP contribution < -0.4 is 10.6 Å². The number of hydrogen-bond acceptors (Lipinski definition) is 4. The molecule has 3 N–H and O–H groups in total. The lowest BCUT2D eigenvalue weighted by atomic mass is 10.1. The van der Waals surface area contributed by atoms with Gasteiger partial charge in [0.15, 0.2) is 0 Å². The first-order valence-electron chi connectivity index (χ1n) is 6.28. The van der Waals surface area contributed by atoms with Crippen LogP contribution in [0.15, 0.2) is 11.8 Å². The Hall–Kier alpha value is -1.54. The molecule has 0 saturated heterocycles. The summed E-state index contributed by atoms with van der Waals surface area (Å²) in [6, 6.07) is 2.07. The van der Waals surface area contributed by atoms with E-state index in [1.807, 2.05) is 6.07 Å². The second kappa shape index (κ2) is 6.41. The van der Waals surface area contributed by atoms with Crippen LogP contribution in [0.5, 0.6) is 0 Å². The Balaban J connectivity index is 2.56. The highest BCUT2D eigenvalue weighted by Gasteiger charge is 2.20. The Morgan fingerprint density at radius 3 is 2.61 bits per heavy atom. The Bertz CT molecular complexity index is 363. The van der Waals surface area contributed by atoms with E-state index in [-0.39, 0.29) is 24.1 Å². The Morgan fingerprint density at radius 2 is 2.11 bits per heavy atom. The van der Waals surface area contributed by atoms with Crippen LogP contribution in [0.2, 0.25) is 0 Å². The van der Waals surface area contributed by atoms with Crippen molar-refractivity contribution in [2.45, 2.75) is 51.1 Å². The van der Waals surface area contributed by atoms with Gasteiger partial charge < -0.3 is 15.7 Å². The fourth-order valence-electron chi connectivity index (χ4n) is 1.80. The van der Waals surface area contributed by atoms with E-state index < -0.39 is 5.54 Å². The van der Waals surface area contributed by atoms with Crippen LogP contribution in [0.3, 0.4) is 0 Å². The van der Waals surface area contributed by atoms with Crippen LogP contribution in [-0.2, 0) is 4.79 Å². The normalized spacial score (nSPS) is 17.3. The molecule has 100 valence electrons. The van der Waals surface area contributed by atoms with Crippen LogP contribution in [-0.4, -0.2) is 29.2 Å². The van der Waals surface area contributed by atoms with Gasteiger partial charge in [-0.05, 0) is 26.7 Å². The molecule has 0 bridgehead atoms. The van der Waals surface area contributed by atoms with Crippen molar-refractivity contribution in [3.63, 3.8) is 0 Å². The summed E-state index contributed by atoms with van der Waals surface area (Å²) in [5, 5.41) is 23.8. The summed E-state index contributed by atoms with van der Waals surface area (Å²) in [6.45, 7) is 3.49. The fourth-order valence-corrected chi connectivity index (χ4v) is 1.80. The van der Waals surface area contributed by atoms with Gasteiger partial charge in [-0.2, -0.15) is 5.26 Å². The van der Waals surface area contributed by atoms with E-state index in [9.17, 15) is 4.79 Å². The van der Waals surface area contributed by atoms with Gasteiger partial charge in [-0.15, -0.1) is 0 Å². The van der Waals surface area contributed by atoms with E-state index in [2.05, 4.69) is 10.6 Å². The zero-order chi connectivity index (χ0) is 13.6. The highest BCUT2D eigenvalue weighted by Crippen LogP contribution is 2.17. The lowest BCUT2D eigenvalue weighted by Crippen LogP contribution is -2.40. The number of aliphatic hydroxyl groups excluding tert-OH is 1. The number of nitrogens with one attached hydrogen (secondary N) is 2. The number of nitrogens with zero attached hydrogens (tertiary/aromatic N) is 1. The molecule has 5 nitrogen and oxygen atoms in total. The first-order valence-corrected chi connectivity index (χ1v) is 6.28. The second-order valence-corrected chi connectivity index (χ2v) is 5.31. The maximum atomic E-state index is 11.8.